The van der Waals surface area contributed by atoms with E-state index in [1.165, 1.54) is 6.07 Å². The van der Waals surface area contributed by atoms with Gasteiger partial charge < -0.3 is 9.80 Å². The fourth-order valence-corrected chi connectivity index (χ4v) is 4.18. The second-order valence-electron chi connectivity index (χ2n) is 8.92. The van der Waals surface area contributed by atoms with Gasteiger partial charge >= 0.3 is 0 Å². The van der Waals surface area contributed by atoms with Crippen LogP contribution in [0.15, 0.2) is 60.7 Å². The van der Waals surface area contributed by atoms with Crippen LogP contribution < -0.4 is 4.90 Å². The Morgan fingerprint density at radius 2 is 1.73 bits per heavy atom. The van der Waals surface area contributed by atoms with Gasteiger partial charge in [-0.25, -0.2) is 14.4 Å². The van der Waals surface area contributed by atoms with Gasteiger partial charge in [0.05, 0.1) is 12.2 Å². The summed E-state index contributed by atoms with van der Waals surface area (Å²) in [6.45, 7) is 2.39. The largest absolute Gasteiger partial charge is 0.363 e. The second-order valence-corrected chi connectivity index (χ2v) is 8.92. The number of anilines is 1. The molecule has 0 spiro atoms. The highest BCUT2D eigenvalue weighted by molar-refractivity contribution is 5.79. The molecule has 3 aromatic rings. The minimum atomic E-state index is -0.236. The van der Waals surface area contributed by atoms with E-state index in [4.69, 9.17) is 9.97 Å². The number of amides is 1. The molecule has 2 heterocycles. The molecule has 4 rings (SSSR count). The van der Waals surface area contributed by atoms with Crippen molar-refractivity contribution in [3.8, 4) is 0 Å². The lowest BCUT2D eigenvalue weighted by molar-refractivity contribution is -0.128. The number of likely N-dealkylation sites (tertiary alicyclic amines) is 1. The quantitative estimate of drug-likeness (QED) is 0.525. The molecule has 0 saturated carbocycles. The molecular weight excluding hydrogens is 417 g/mol. The Bertz CT molecular complexity index is 1100. The molecule has 172 valence electrons. The number of aromatic nitrogens is 2. The van der Waals surface area contributed by atoms with Gasteiger partial charge in [-0.15, -0.1) is 0 Å². The summed E-state index contributed by atoms with van der Waals surface area (Å²) in [5.74, 6) is 1.47. The molecule has 0 aliphatic carbocycles. The highest BCUT2D eigenvalue weighted by Gasteiger charge is 2.32. The molecule has 6 nitrogen and oxygen atoms in total. The van der Waals surface area contributed by atoms with Crippen LogP contribution in [0.5, 0.6) is 0 Å². The minimum Gasteiger partial charge on any atom is -0.363 e. The number of halogens is 1. The highest BCUT2D eigenvalue weighted by Crippen LogP contribution is 2.30. The van der Waals surface area contributed by atoms with Crippen LogP contribution in [-0.2, 0) is 24.4 Å². The topological polar surface area (TPSA) is 52.6 Å². The van der Waals surface area contributed by atoms with E-state index in [0.717, 1.165) is 22.6 Å². The summed E-state index contributed by atoms with van der Waals surface area (Å²) in [5, 5.41) is 0. The summed E-state index contributed by atoms with van der Waals surface area (Å²) in [6, 6.07) is 18.7. The summed E-state index contributed by atoms with van der Waals surface area (Å²) >= 11 is 0. The molecule has 1 aromatic heterocycles. The fourth-order valence-electron chi connectivity index (χ4n) is 4.18. The van der Waals surface area contributed by atoms with Gasteiger partial charge in [-0.3, -0.25) is 9.69 Å². The van der Waals surface area contributed by atoms with Crippen molar-refractivity contribution in [2.24, 2.45) is 0 Å². The average Bonchev–Trinajstić information content (AvgIpc) is 3.14. The van der Waals surface area contributed by atoms with E-state index in [1.807, 2.05) is 73.4 Å². The molecule has 1 fully saturated rings. The minimum absolute atomic E-state index is 0.0372. The number of carbonyl (C=O) groups excluding carboxylic acids is 1. The molecule has 1 saturated heterocycles. The van der Waals surface area contributed by atoms with E-state index in [2.05, 4.69) is 4.90 Å². The molecule has 1 atom stereocenters. The number of rotatable bonds is 8. The van der Waals surface area contributed by atoms with Crippen LogP contribution in [0, 0.1) is 5.82 Å². The summed E-state index contributed by atoms with van der Waals surface area (Å²) in [6.07, 6.45) is 0.454. The number of hydrogen-bond acceptors (Lipinski definition) is 5. The number of nitrogens with zero attached hydrogens (tertiary/aromatic N) is 5. The van der Waals surface area contributed by atoms with Crippen LogP contribution in [0.3, 0.4) is 0 Å². The first-order valence-corrected chi connectivity index (χ1v) is 11.2. The summed E-state index contributed by atoms with van der Waals surface area (Å²) in [4.78, 5) is 28.2. The summed E-state index contributed by atoms with van der Waals surface area (Å²) in [7, 11) is 5.87. The lowest BCUT2D eigenvalue weighted by atomic mass is 10.0. The van der Waals surface area contributed by atoms with E-state index in [-0.39, 0.29) is 17.6 Å². The Kier molecular flexibility index (Phi) is 6.99. The molecule has 0 N–H and O–H groups in total. The smallest absolute Gasteiger partial charge is 0.223 e. The zero-order chi connectivity index (χ0) is 23.4. The van der Waals surface area contributed by atoms with Gasteiger partial charge in [0.15, 0.2) is 0 Å². The van der Waals surface area contributed by atoms with Gasteiger partial charge in [0, 0.05) is 52.1 Å². The van der Waals surface area contributed by atoms with Crippen molar-refractivity contribution in [2.45, 2.75) is 32.0 Å². The summed E-state index contributed by atoms with van der Waals surface area (Å²) in [5.41, 5.74) is 2.93. The molecular formula is C26H30FN5O. The highest BCUT2D eigenvalue weighted by atomic mass is 19.1. The molecule has 1 amide bonds. The second kappa shape index (κ2) is 10.1. The number of benzene rings is 2. The van der Waals surface area contributed by atoms with E-state index in [0.29, 0.717) is 38.4 Å². The Morgan fingerprint density at radius 1 is 0.970 bits per heavy atom. The lowest BCUT2D eigenvalue weighted by Gasteiger charge is -2.20. The van der Waals surface area contributed by atoms with Crippen molar-refractivity contribution in [2.75, 3.05) is 32.6 Å². The number of hydrogen-bond donors (Lipinski definition) is 0. The third-order valence-electron chi connectivity index (χ3n) is 5.84. The first kappa shape index (κ1) is 22.9. The predicted octanol–water partition coefficient (Wildman–Crippen LogP) is 3.83. The van der Waals surface area contributed by atoms with Crippen LogP contribution in [0.1, 0.15) is 35.0 Å². The van der Waals surface area contributed by atoms with E-state index in [9.17, 15) is 9.18 Å². The van der Waals surface area contributed by atoms with Crippen molar-refractivity contribution in [3.05, 3.63) is 89.1 Å². The van der Waals surface area contributed by atoms with Gasteiger partial charge in [0.1, 0.15) is 17.5 Å². The predicted molar refractivity (Wildman–Crippen MR) is 127 cm³/mol. The molecule has 0 radical (unpaired) electrons. The lowest BCUT2D eigenvalue weighted by Crippen LogP contribution is -2.24. The molecule has 7 heteroatoms. The van der Waals surface area contributed by atoms with Crippen molar-refractivity contribution >= 4 is 11.7 Å². The Morgan fingerprint density at radius 3 is 2.45 bits per heavy atom. The molecule has 0 bridgehead atoms. The molecule has 1 unspecified atom stereocenters. The van der Waals surface area contributed by atoms with Crippen LogP contribution in [0.4, 0.5) is 10.2 Å². The van der Waals surface area contributed by atoms with Crippen molar-refractivity contribution in [1.29, 1.82) is 0 Å². The van der Waals surface area contributed by atoms with Crippen molar-refractivity contribution in [3.63, 3.8) is 0 Å². The van der Waals surface area contributed by atoms with Crippen LogP contribution in [-0.4, -0.2) is 53.4 Å². The summed E-state index contributed by atoms with van der Waals surface area (Å²) < 4.78 is 13.5. The first-order chi connectivity index (χ1) is 15.9. The fraction of sp³-hybridized carbons (Fsp3) is 0.346. The third kappa shape index (κ3) is 5.93. The van der Waals surface area contributed by atoms with Gasteiger partial charge in [-0.1, -0.05) is 42.5 Å². The molecule has 2 aromatic carbocycles. The van der Waals surface area contributed by atoms with Gasteiger partial charge in [-0.05, 0) is 30.3 Å². The van der Waals surface area contributed by atoms with Crippen LogP contribution in [0.2, 0.25) is 0 Å². The van der Waals surface area contributed by atoms with Gasteiger partial charge in [-0.2, -0.15) is 0 Å². The van der Waals surface area contributed by atoms with E-state index < -0.39 is 0 Å². The maximum absolute atomic E-state index is 13.5. The number of carbonyl (C=O) groups is 1. The van der Waals surface area contributed by atoms with Crippen LogP contribution >= 0.6 is 0 Å². The Labute approximate surface area is 194 Å². The standard InChI is InChI=1S/C26H30FN5O/c1-30(2)25-14-23(21-13-26(33)32(17-21)16-19-8-5-4-6-9-19)28-24(29-25)18-31(3)15-20-10-7-11-22(27)12-20/h4-12,14,21H,13,15-18H2,1-3H3. The zero-order valence-corrected chi connectivity index (χ0v) is 19.4. The Hall–Kier alpha value is -3.32. The SMILES string of the molecule is CN(Cc1cccc(F)c1)Cc1nc(C2CC(=O)N(Cc3ccccc3)C2)cc(N(C)C)n1. The Balaban J connectivity index is 1.49. The van der Waals surface area contributed by atoms with Crippen molar-refractivity contribution in [1.82, 2.24) is 19.8 Å². The third-order valence-corrected chi connectivity index (χ3v) is 5.84. The normalized spacial score (nSPS) is 16.0. The van der Waals surface area contributed by atoms with E-state index in [1.54, 1.807) is 12.1 Å². The van der Waals surface area contributed by atoms with Gasteiger partial charge in [0.2, 0.25) is 5.91 Å². The average molecular weight is 448 g/mol. The zero-order valence-electron chi connectivity index (χ0n) is 19.4. The first-order valence-electron chi connectivity index (χ1n) is 11.2. The van der Waals surface area contributed by atoms with Crippen LogP contribution in [0.25, 0.3) is 0 Å². The maximum Gasteiger partial charge on any atom is 0.223 e. The molecule has 1 aliphatic heterocycles. The molecule has 33 heavy (non-hydrogen) atoms. The van der Waals surface area contributed by atoms with E-state index >= 15 is 0 Å². The monoisotopic (exact) mass is 447 g/mol. The van der Waals surface area contributed by atoms with Crippen molar-refractivity contribution < 1.29 is 9.18 Å². The van der Waals surface area contributed by atoms with Gasteiger partial charge in [0.25, 0.3) is 0 Å². The molecule has 1 aliphatic rings. The maximum atomic E-state index is 13.5.